The maximum atomic E-state index is 11.3. The largest absolute Gasteiger partial charge is 0.394 e. The molecule has 0 bridgehead atoms. The summed E-state index contributed by atoms with van der Waals surface area (Å²) in [5.74, 6) is -1.01. The van der Waals surface area contributed by atoms with Crippen molar-refractivity contribution in [1.82, 2.24) is 5.32 Å². The van der Waals surface area contributed by atoms with Gasteiger partial charge in [0.1, 0.15) is 66.5 Å². The van der Waals surface area contributed by atoms with Crippen LogP contribution in [0.5, 0.6) is 0 Å². The number of nitrogens with two attached hydrogens (primary N) is 4. The van der Waals surface area contributed by atoms with Crippen LogP contribution in [0, 0.1) is 0 Å². The zero-order chi connectivity index (χ0) is 30.1. The Balaban J connectivity index is 1.96. The summed E-state index contributed by atoms with van der Waals surface area (Å²) in [7, 11) is 1.44. The van der Waals surface area contributed by atoms with Crippen LogP contribution in [-0.4, -0.2) is 164 Å². The van der Waals surface area contributed by atoms with E-state index >= 15 is 0 Å². The number of aliphatic hydroxyl groups is 8. The van der Waals surface area contributed by atoms with Gasteiger partial charge in [-0.05, 0) is 14.0 Å². The number of guanidine groups is 2. The van der Waals surface area contributed by atoms with Crippen LogP contribution in [0.1, 0.15) is 6.92 Å². The molecule has 232 valence electrons. The van der Waals surface area contributed by atoms with Crippen molar-refractivity contribution < 1.29 is 59.8 Å². The van der Waals surface area contributed by atoms with E-state index in [-0.39, 0.29) is 0 Å². The van der Waals surface area contributed by atoms with E-state index in [1.807, 2.05) is 0 Å². The Morgan fingerprint density at radius 2 is 1.43 bits per heavy atom. The number of aliphatic imine (C=N–C) groups is 2. The number of nitrogens with one attached hydrogen (secondary N) is 1. The molecule has 19 nitrogen and oxygen atoms in total. The number of nitrogens with zero attached hydrogens (tertiary/aromatic N) is 2. The van der Waals surface area contributed by atoms with E-state index in [9.17, 15) is 40.9 Å². The van der Waals surface area contributed by atoms with Gasteiger partial charge in [0.15, 0.2) is 24.5 Å². The van der Waals surface area contributed by atoms with Crippen LogP contribution in [0.2, 0.25) is 0 Å². The maximum Gasteiger partial charge on any atom is 0.187 e. The SMILES string of the molecule is CN[C@H]1[C@H](O[C@@H]2[C@H](O[C@@H]3[C@H](O)[C@@H](O)[C@H](N=C(N)N)[C@@H](O)[C@@H]3N=C(N)N)O[C@@H](C)[C@@]2(O)CO)O[C@@H](CO)[C@H](O)[C@H]1O. The molecule has 3 fully saturated rings. The minimum Gasteiger partial charge on any atom is -0.394 e. The fourth-order valence-electron chi connectivity index (χ4n) is 5.17. The van der Waals surface area contributed by atoms with Gasteiger partial charge in [0.05, 0.1) is 25.4 Å². The Hall–Kier alpha value is -1.98. The Kier molecular flexibility index (Phi) is 10.5. The van der Waals surface area contributed by atoms with Gasteiger partial charge >= 0.3 is 0 Å². The molecule has 19 heteroatoms. The van der Waals surface area contributed by atoms with Crippen molar-refractivity contribution in [3.8, 4) is 0 Å². The third-order valence-corrected chi connectivity index (χ3v) is 7.49. The standard InChI is InChI=1S/C21H41N7O12/c1-5-21(36,4-30)16(40-17-9(26-2)13(34)10(31)6(3-29)38-17)18(37-5)39-15-8(28-20(24)25)11(32)7(27-19(22)23)12(33)14(15)35/h5-18,26,29-36H,3-4H2,1-2H3,(H4,22,23,27)(H4,24,25,28)/t5-,6-,7+,8-,9+,10-,11+,12-,13-,14+,15-,16+,17-,18-,21-/m0/s1. The van der Waals surface area contributed by atoms with Crippen LogP contribution in [0.15, 0.2) is 9.98 Å². The summed E-state index contributed by atoms with van der Waals surface area (Å²) in [5.41, 5.74) is 19.7. The Bertz CT molecular complexity index is 911. The number of hydrogen-bond acceptors (Lipinski definition) is 15. The molecular weight excluding hydrogens is 542 g/mol. The van der Waals surface area contributed by atoms with Crippen LogP contribution in [0.4, 0.5) is 0 Å². The van der Waals surface area contributed by atoms with Crippen LogP contribution in [0.25, 0.3) is 0 Å². The highest BCUT2D eigenvalue weighted by atomic mass is 16.8. The Morgan fingerprint density at radius 3 is 1.95 bits per heavy atom. The highest BCUT2D eigenvalue weighted by Crippen LogP contribution is 2.39. The number of aliphatic hydroxyl groups excluding tert-OH is 7. The summed E-state index contributed by atoms with van der Waals surface area (Å²) >= 11 is 0. The molecule has 2 aliphatic heterocycles. The Labute approximate surface area is 229 Å². The average molecular weight is 584 g/mol. The van der Waals surface area contributed by atoms with E-state index < -0.39 is 116 Å². The summed E-state index contributed by atoms with van der Waals surface area (Å²) in [6, 6.07) is -4.00. The first-order chi connectivity index (χ1) is 18.7. The fourth-order valence-corrected chi connectivity index (χ4v) is 5.17. The summed E-state index contributed by atoms with van der Waals surface area (Å²) in [6.45, 7) is -0.199. The molecule has 17 N–H and O–H groups in total. The average Bonchev–Trinajstić information content (AvgIpc) is 3.13. The predicted octanol–water partition coefficient (Wildman–Crippen LogP) is -8.37. The molecule has 0 unspecified atom stereocenters. The summed E-state index contributed by atoms with van der Waals surface area (Å²) in [6.07, 6.45) is -16.9. The maximum absolute atomic E-state index is 11.3. The lowest BCUT2D eigenvalue weighted by Gasteiger charge is -2.45. The van der Waals surface area contributed by atoms with Crippen molar-refractivity contribution in [2.24, 2.45) is 32.9 Å². The summed E-state index contributed by atoms with van der Waals surface area (Å²) < 4.78 is 23.2. The molecule has 40 heavy (non-hydrogen) atoms. The van der Waals surface area contributed by atoms with Gasteiger partial charge in [0.2, 0.25) is 0 Å². The molecule has 1 aliphatic carbocycles. The van der Waals surface area contributed by atoms with Gasteiger partial charge in [-0.1, -0.05) is 0 Å². The smallest absolute Gasteiger partial charge is 0.187 e. The zero-order valence-corrected chi connectivity index (χ0v) is 21.9. The van der Waals surface area contributed by atoms with Crippen LogP contribution >= 0.6 is 0 Å². The molecule has 0 aromatic rings. The van der Waals surface area contributed by atoms with Crippen LogP contribution in [0.3, 0.4) is 0 Å². The van der Waals surface area contributed by atoms with Crippen molar-refractivity contribution in [3.05, 3.63) is 0 Å². The second-order valence-corrected chi connectivity index (χ2v) is 10.0. The van der Waals surface area contributed by atoms with Crippen LogP contribution < -0.4 is 28.3 Å². The van der Waals surface area contributed by atoms with E-state index in [2.05, 4.69) is 15.3 Å². The molecule has 15 atom stereocenters. The number of rotatable bonds is 9. The molecule has 2 saturated heterocycles. The molecule has 0 radical (unpaired) electrons. The second-order valence-electron chi connectivity index (χ2n) is 10.0. The molecule has 3 rings (SSSR count). The number of likely N-dealkylation sites (N-methyl/N-ethyl adjacent to an activating group) is 1. The highest BCUT2D eigenvalue weighted by Gasteiger charge is 2.60. The predicted molar refractivity (Wildman–Crippen MR) is 134 cm³/mol. The van der Waals surface area contributed by atoms with Gasteiger partial charge in [-0.15, -0.1) is 0 Å². The van der Waals surface area contributed by atoms with Crippen molar-refractivity contribution in [2.45, 2.75) is 98.2 Å². The van der Waals surface area contributed by atoms with Gasteiger partial charge in [-0.3, -0.25) is 0 Å². The molecular formula is C21H41N7O12. The quantitative estimate of drug-likeness (QED) is 0.0884. The van der Waals surface area contributed by atoms with Gasteiger partial charge in [0.25, 0.3) is 0 Å². The van der Waals surface area contributed by atoms with E-state index in [0.717, 1.165) is 0 Å². The molecule has 1 saturated carbocycles. The van der Waals surface area contributed by atoms with E-state index in [0.29, 0.717) is 0 Å². The number of hydrogen-bond donors (Lipinski definition) is 13. The monoisotopic (exact) mass is 583 g/mol. The molecule has 0 aromatic heterocycles. The molecule has 0 spiro atoms. The molecule has 3 aliphatic rings. The van der Waals surface area contributed by atoms with Gasteiger partial charge in [-0.25, -0.2) is 9.98 Å². The molecule has 0 aromatic carbocycles. The van der Waals surface area contributed by atoms with Crippen molar-refractivity contribution in [1.29, 1.82) is 0 Å². The Morgan fingerprint density at radius 1 is 0.825 bits per heavy atom. The normalized spacial score (nSPS) is 47.5. The summed E-state index contributed by atoms with van der Waals surface area (Å²) in [5, 5.41) is 87.0. The lowest BCUT2D eigenvalue weighted by Crippen LogP contribution is -2.66. The minimum atomic E-state index is -2.15. The van der Waals surface area contributed by atoms with Crippen molar-refractivity contribution in [2.75, 3.05) is 20.3 Å². The minimum absolute atomic E-state index is 0.493. The fraction of sp³-hybridized carbons (Fsp3) is 0.905. The molecule has 0 amide bonds. The lowest BCUT2D eigenvalue weighted by atomic mass is 9.81. The summed E-state index contributed by atoms with van der Waals surface area (Å²) in [4.78, 5) is 7.66. The zero-order valence-electron chi connectivity index (χ0n) is 21.9. The third-order valence-electron chi connectivity index (χ3n) is 7.49. The van der Waals surface area contributed by atoms with Crippen molar-refractivity contribution >= 4 is 11.9 Å². The number of ether oxygens (including phenoxy) is 4. The van der Waals surface area contributed by atoms with Crippen molar-refractivity contribution in [3.63, 3.8) is 0 Å². The van der Waals surface area contributed by atoms with Gasteiger partial charge in [0, 0.05) is 0 Å². The van der Waals surface area contributed by atoms with E-state index in [4.69, 9.17) is 41.9 Å². The highest BCUT2D eigenvalue weighted by molar-refractivity contribution is 5.76. The van der Waals surface area contributed by atoms with Gasteiger partial charge < -0.3 is 88.1 Å². The van der Waals surface area contributed by atoms with E-state index in [1.54, 1.807) is 0 Å². The third kappa shape index (κ3) is 6.11. The topological polar surface area (TPSA) is 340 Å². The first-order valence-electron chi connectivity index (χ1n) is 12.5. The lowest BCUT2D eigenvalue weighted by molar-refractivity contribution is -0.317. The second kappa shape index (κ2) is 12.9. The molecule has 2 heterocycles. The first-order valence-corrected chi connectivity index (χ1v) is 12.5. The van der Waals surface area contributed by atoms with E-state index in [1.165, 1.54) is 14.0 Å². The van der Waals surface area contributed by atoms with Crippen LogP contribution in [-0.2, 0) is 18.9 Å². The first kappa shape index (κ1) is 32.5. The van der Waals surface area contributed by atoms with Gasteiger partial charge in [-0.2, -0.15) is 0 Å².